The van der Waals surface area contributed by atoms with Crippen molar-refractivity contribution in [3.8, 4) is 5.75 Å². The zero-order chi connectivity index (χ0) is 15.2. The van der Waals surface area contributed by atoms with Crippen molar-refractivity contribution in [2.45, 2.75) is 6.54 Å². The van der Waals surface area contributed by atoms with Crippen LogP contribution in [0.25, 0.3) is 0 Å². The molecule has 0 saturated carbocycles. The van der Waals surface area contributed by atoms with E-state index in [1.165, 1.54) is 0 Å². The molecule has 0 atom stereocenters. The first-order valence-corrected chi connectivity index (χ1v) is 7.07. The molecule has 2 rings (SSSR count). The molecule has 110 valence electrons. The molecule has 0 aromatic heterocycles. The SMILES string of the molecule is COc1cc(Br)cc(NCc2cccc(/C(N)=N/O)c2)c1. The Morgan fingerprint density at radius 1 is 1.33 bits per heavy atom. The van der Waals surface area contributed by atoms with Crippen LogP contribution in [-0.2, 0) is 6.54 Å². The minimum absolute atomic E-state index is 0.0981. The summed E-state index contributed by atoms with van der Waals surface area (Å²) in [4.78, 5) is 0. The third kappa shape index (κ3) is 4.13. The minimum Gasteiger partial charge on any atom is -0.497 e. The molecule has 0 bridgehead atoms. The third-order valence-corrected chi connectivity index (χ3v) is 3.39. The Balaban J connectivity index is 2.11. The molecule has 0 heterocycles. The van der Waals surface area contributed by atoms with Crippen LogP contribution in [0.15, 0.2) is 52.1 Å². The summed E-state index contributed by atoms with van der Waals surface area (Å²) in [6.45, 7) is 0.617. The van der Waals surface area contributed by atoms with Gasteiger partial charge >= 0.3 is 0 Å². The summed E-state index contributed by atoms with van der Waals surface area (Å²) in [7, 11) is 1.63. The molecule has 6 heteroatoms. The summed E-state index contributed by atoms with van der Waals surface area (Å²) >= 11 is 3.44. The lowest BCUT2D eigenvalue weighted by Gasteiger charge is -2.10. The van der Waals surface area contributed by atoms with Crippen molar-refractivity contribution in [1.29, 1.82) is 0 Å². The second-order valence-electron chi connectivity index (χ2n) is 4.42. The minimum atomic E-state index is 0.0981. The summed E-state index contributed by atoms with van der Waals surface area (Å²) in [6.07, 6.45) is 0. The number of benzene rings is 2. The first-order chi connectivity index (χ1) is 10.1. The average Bonchev–Trinajstić information content (AvgIpc) is 2.51. The second kappa shape index (κ2) is 6.99. The van der Waals surface area contributed by atoms with Gasteiger partial charge in [0.05, 0.1) is 7.11 Å². The van der Waals surface area contributed by atoms with E-state index in [2.05, 4.69) is 26.4 Å². The van der Waals surface area contributed by atoms with E-state index in [-0.39, 0.29) is 5.84 Å². The Morgan fingerprint density at radius 3 is 2.86 bits per heavy atom. The summed E-state index contributed by atoms with van der Waals surface area (Å²) in [5.74, 6) is 0.873. The van der Waals surface area contributed by atoms with Crippen molar-refractivity contribution >= 4 is 27.5 Å². The van der Waals surface area contributed by atoms with Crippen molar-refractivity contribution in [3.63, 3.8) is 0 Å². The van der Waals surface area contributed by atoms with Crippen LogP contribution in [-0.4, -0.2) is 18.2 Å². The molecule has 0 amide bonds. The number of hydrogen-bond acceptors (Lipinski definition) is 4. The topological polar surface area (TPSA) is 79.9 Å². The Kier molecular flexibility index (Phi) is 5.05. The monoisotopic (exact) mass is 349 g/mol. The second-order valence-corrected chi connectivity index (χ2v) is 5.33. The number of methoxy groups -OCH3 is 1. The van der Waals surface area contributed by atoms with E-state index >= 15 is 0 Å². The van der Waals surface area contributed by atoms with Gasteiger partial charge in [-0.1, -0.05) is 39.3 Å². The van der Waals surface area contributed by atoms with Crippen molar-refractivity contribution < 1.29 is 9.94 Å². The maximum Gasteiger partial charge on any atom is 0.170 e. The maximum atomic E-state index is 8.70. The molecule has 0 fully saturated rings. The standard InChI is InChI=1S/C15H16BrN3O2/c1-21-14-7-12(16)6-13(8-14)18-9-10-3-2-4-11(5-10)15(17)19-20/h2-8,18,20H,9H2,1H3,(H2,17,19). The van der Waals surface area contributed by atoms with Crippen LogP contribution in [0, 0.1) is 0 Å². The van der Waals surface area contributed by atoms with Gasteiger partial charge < -0.3 is 21.0 Å². The Morgan fingerprint density at radius 2 is 2.14 bits per heavy atom. The molecule has 2 aromatic rings. The van der Waals surface area contributed by atoms with Crippen molar-refractivity contribution in [2.24, 2.45) is 10.9 Å². The average molecular weight is 350 g/mol. The molecule has 4 N–H and O–H groups in total. The van der Waals surface area contributed by atoms with Gasteiger partial charge in [-0.25, -0.2) is 0 Å². The number of ether oxygens (including phenoxy) is 1. The van der Waals surface area contributed by atoms with Gasteiger partial charge in [0.2, 0.25) is 0 Å². The molecule has 0 aliphatic heterocycles. The highest BCUT2D eigenvalue weighted by molar-refractivity contribution is 9.10. The van der Waals surface area contributed by atoms with E-state index in [1.807, 2.05) is 36.4 Å². The highest BCUT2D eigenvalue weighted by Gasteiger charge is 2.02. The first-order valence-electron chi connectivity index (χ1n) is 6.27. The van der Waals surface area contributed by atoms with Crippen molar-refractivity contribution in [1.82, 2.24) is 0 Å². The molecule has 0 saturated heterocycles. The van der Waals surface area contributed by atoms with Crippen LogP contribution < -0.4 is 15.8 Å². The van der Waals surface area contributed by atoms with Crippen molar-refractivity contribution in [3.05, 3.63) is 58.1 Å². The van der Waals surface area contributed by atoms with Gasteiger partial charge in [0.1, 0.15) is 5.75 Å². The Hall–Kier alpha value is -2.21. The molecule has 0 aliphatic rings. The van der Waals surface area contributed by atoms with Crippen LogP contribution in [0.3, 0.4) is 0 Å². The molecular formula is C15H16BrN3O2. The van der Waals surface area contributed by atoms with Gasteiger partial charge in [0, 0.05) is 28.3 Å². The van der Waals surface area contributed by atoms with E-state index < -0.39 is 0 Å². The molecule has 21 heavy (non-hydrogen) atoms. The number of oxime groups is 1. The number of hydrogen-bond donors (Lipinski definition) is 3. The number of anilines is 1. The quantitative estimate of drug-likeness (QED) is 0.335. The summed E-state index contributed by atoms with van der Waals surface area (Å²) in [5.41, 5.74) is 8.24. The van der Waals surface area contributed by atoms with Crippen LogP contribution >= 0.6 is 15.9 Å². The number of amidine groups is 1. The highest BCUT2D eigenvalue weighted by Crippen LogP contribution is 2.24. The van der Waals surface area contributed by atoms with E-state index in [0.29, 0.717) is 12.1 Å². The Bertz CT molecular complexity index is 659. The van der Waals surface area contributed by atoms with Gasteiger partial charge in [-0.15, -0.1) is 0 Å². The fourth-order valence-electron chi connectivity index (χ4n) is 1.89. The van der Waals surface area contributed by atoms with Gasteiger partial charge in [-0.2, -0.15) is 0 Å². The first kappa shape index (κ1) is 15.2. The van der Waals surface area contributed by atoms with Crippen LogP contribution in [0.2, 0.25) is 0 Å². The number of halogens is 1. The maximum absolute atomic E-state index is 8.70. The molecule has 2 aromatic carbocycles. The molecule has 0 radical (unpaired) electrons. The third-order valence-electron chi connectivity index (χ3n) is 2.93. The van der Waals surface area contributed by atoms with Gasteiger partial charge in [0.15, 0.2) is 5.84 Å². The number of nitrogens with one attached hydrogen (secondary N) is 1. The molecule has 0 unspecified atom stereocenters. The van der Waals surface area contributed by atoms with Gasteiger partial charge in [-0.05, 0) is 23.8 Å². The molecule has 0 spiro atoms. The Labute approximate surface area is 131 Å². The molecule has 5 nitrogen and oxygen atoms in total. The zero-order valence-electron chi connectivity index (χ0n) is 11.5. The lowest BCUT2D eigenvalue weighted by molar-refractivity contribution is 0.318. The van der Waals surface area contributed by atoms with E-state index in [9.17, 15) is 0 Å². The molecule has 0 aliphatic carbocycles. The van der Waals surface area contributed by atoms with E-state index in [4.69, 9.17) is 15.7 Å². The smallest absolute Gasteiger partial charge is 0.170 e. The number of nitrogens with zero attached hydrogens (tertiary/aromatic N) is 1. The fourth-order valence-corrected chi connectivity index (χ4v) is 2.36. The van der Waals surface area contributed by atoms with E-state index in [0.717, 1.165) is 21.5 Å². The van der Waals surface area contributed by atoms with Gasteiger partial charge in [-0.3, -0.25) is 0 Å². The predicted molar refractivity (Wildman–Crippen MR) is 87.0 cm³/mol. The fraction of sp³-hybridized carbons (Fsp3) is 0.133. The summed E-state index contributed by atoms with van der Waals surface area (Å²) in [6, 6.07) is 13.3. The number of nitrogens with two attached hydrogens (primary N) is 1. The summed E-state index contributed by atoms with van der Waals surface area (Å²) < 4.78 is 6.16. The van der Waals surface area contributed by atoms with Crippen molar-refractivity contribution in [2.75, 3.05) is 12.4 Å². The lowest BCUT2D eigenvalue weighted by atomic mass is 10.1. The van der Waals surface area contributed by atoms with E-state index in [1.54, 1.807) is 13.2 Å². The highest BCUT2D eigenvalue weighted by atomic mass is 79.9. The van der Waals surface area contributed by atoms with Gasteiger partial charge in [0.25, 0.3) is 0 Å². The number of rotatable bonds is 5. The predicted octanol–water partition coefficient (Wildman–Crippen LogP) is 3.16. The molecular weight excluding hydrogens is 334 g/mol. The normalized spacial score (nSPS) is 11.2. The largest absolute Gasteiger partial charge is 0.497 e. The summed E-state index contributed by atoms with van der Waals surface area (Å²) in [5, 5.41) is 15.0. The lowest BCUT2D eigenvalue weighted by Crippen LogP contribution is -2.13. The van der Waals surface area contributed by atoms with Crippen LogP contribution in [0.1, 0.15) is 11.1 Å². The van der Waals surface area contributed by atoms with Crippen LogP contribution in [0.5, 0.6) is 5.75 Å². The zero-order valence-corrected chi connectivity index (χ0v) is 13.1. The van der Waals surface area contributed by atoms with Crippen LogP contribution in [0.4, 0.5) is 5.69 Å².